The van der Waals surface area contributed by atoms with Crippen LogP contribution in [-0.4, -0.2) is 26.3 Å². The first-order chi connectivity index (χ1) is 14.6. The van der Waals surface area contributed by atoms with Gasteiger partial charge in [0.1, 0.15) is 23.9 Å². The number of rotatable bonds is 8. The van der Waals surface area contributed by atoms with E-state index >= 15 is 0 Å². The minimum absolute atomic E-state index is 0.362. The number of amides is 1. The van der Waals surface area contributed by atoms with Crippen molar-refractivity contribution in [2.45, 2.75) is 6.61 Å². The number of hydrogen-bond donors (Lipinski definition) is 1. The molecular weight excluding hydrogens is 404 g/mol. The Morgan fingerprint density at radius 2 is 1.73 bits per heavy atom. The van der Waals surface area contributed by atoms with Crippen LogP contribution in [0.5, 0.6) is 17.2 Å². The van der Waals surface area contributed by atoms with Crippen LogP contribution in [0.15, 0.2) is 71.8 Å². The number of nitrogens with one attached hydrogen (secondary N) is 1. The molecule has 0 unspecified atom stereocenters. The van der Waals surface area contributed by atoms with E-state index in [0.717, 1.165) is 11.1 Å². The normalized spacial score (nSPS) is 10.6. The third-order valence-electron chi connectivity index (χ3n) is 4.19. The highest BCUT2D eigenvalue weighted by Gasteiger charge is 2.09. The molecule has 0 radical (unpaired) electrons. The second-order valence-electron chi connectivity index (χ2n) is 6.26. The number of carbonyl (C=O) groups is 1. The molecule has 1 amide bonds. The largest absolute Gasteiger partial charge is 0.497 e. The number of benzene rings is 3. The van der Waals surface area contributed by atoms with Gasteiger partial charge in [0, 0.05) is 22.2 Å². The molecule has 0 aliphatic carbocycles. The van der Waals surface area contributed by atoms with E-state index in [0.29, 0.717) is 34.4 Å². The summed E-state index contributed by atoms with van der Waals surface area (Å²) in [7, 11) is 3.05. The van der Waals surface area contributed by atoms with E-state index in [9.17, 15) is 4.79 Å². The molecule has 0 saturated carbocycles. The Morgan fingerprint density at radius 3 is 2.43 bits per heavy atom. The fraction of sp³-hybridized carbons (Fsp3) is 0.130. The van der Waals surface area contributed by atoms with Crippen LogP contribution in [0.4, 0.5) is 0 Å². The molecule has 0 saturated heterocycles. The number of hydrazone groups is 1. The third kappa shape index (κ3) is 5.75. The standard InChI is InChI=1S/C23H21ClN2O4/c1-28-20-11-18(12-21(13-20)29-2)23(27)26-25-14-17-7-3-4-9-22(17)30-15-16-6-5-8-19(24)10-16/h3-14H,15H2,1-2H3,(H,26,27)/b25-14-. The van der Waals surface area contributed by atoms with Gasteiger partial charge < -0.3 is 14.2 Å². The van der Waals surface area contributed by atoms with Crippen molar-refractivity contribution in [3.63, 3.8) is 0 Å². The maximum Gasteiger partial charge on any atom is 0.271 e. The van der Waals surface area contributed by atoms with Crippen molar-refractivity contribution < 1.29 is 19.0 Å². The summed E-state index contributed by atoms with van der Waals surface area (Å²) in [6.07, 6.45) is 1.53. The predicted molar refractivity (Wildman–Crippen MR) is 117 cm³/mol. The zero-order chi connectivity index (χ0) is 21.3. The highest BCUT2D eigenvalue weighted by molar-refractivity contribution is 6.30. The molecule has 3 aromatic rings. The topological polar surface area (TPSA) is 69.2 Å². The van der Waals surface area contributed by atoms with Crippen molar-refractivity contribution in [1.29, 1.82) is 0 Å². The molecule has 0 atom stereocenters. The molecule has 30 heavy (non-hydrogen) atoms. The van der Waals surface area contributed by atoms with Gasteiger partial charge in [-0.3, -0.25) is 4.79 Å². The van der Waals surface area contributed by atoms with Crippen LogP contribution in [0.2, 0.25) is 5.02 Å². The number of carbonyl (C=O) groups excluding carboxylic acids is 1. The first kappa shape index (κ1) is 21.2. The van der Waals surface area contributed by atoms with E-state index in [1.807, 2.05) is 48.5 Å². The Bertz CT molecular complexity index is 1030. The fourth-order valence-corrected chi connectivity index (χ4v) is 2.88. The highest BCUT2D eigenvalue weighted by Crippen LogP contribution is 2.22. The third-order valence-corrected chi connectivity index (χ3v) is 4.42. The highest BCUT2D eigenvalue weighted by atomic mass is 35.5. The SMILES string of the molecule is COc1cc(OC)cc(C(=O)N/N=C\c2ccccc2OCc2cccc(Cl)c2)c1. The molecule has 154 valence electrons. The van der Waals surface area contributed by atoms with E-state index in [-0.39, 0.29) is 5.91 Å². The molecule has 0 aromatic heterocycles. The number of halogens is 1. The first-order valence-corrected chi connectivity index (χ1v) is 9.49. The second kappa shape index (κ2) is 10.3. The smallest absolute Gasteiger partial charge is 0.271 e. The number of nitrogens with zero attached hydrogens (tertiary/aromatic N) is 1. The Kier molecular flexibility index (Phi) is 7.29. The molecular formula is C23H21ClN2O4. The number of methoxy groups -OCH3 is 2. The summed E-state index contributed by atoms with van der Waals surface area (Å²) in [5.41, 5.74) is 4.55. The molecule has 0 spiro atoms. The van der Waals surface area contributed by atoms with Crippen molar-refractivity contribution >= 4 is 23.7 Å². The average molecular weight is 425 g/mol. The molecule has 6 nitrogen and oxygen atoms in total. The van der Waals surface area contributed by atoms with Crippen molar-refractivity contribution in [3.05, 3.63) is 88.4 Å². The lowest BCUT2D eigenvalue weighted by atomic mass is 10.2. The van der Waals surface area contributed by atoms with Crippen molar-refractivity contribution in [3.8, 4) is 17.2 Å². The van der Waals surface area contributed by atoms with E-state index in [1.165, 1.54) is 20.4 Å². The summed E-state index contributed by atoms with van der Waals surface area (Å²) in [6, 6.07) is 19.8. The lowest BCUT2D eigenvalue weighted by Crippen LogP contribution is -2.17. The van der Waals surface area contributed by atoms with E-state index in [1.54, 1.807) is 18.2 Å². The minimum Gasteiger partial charge on any atom is -0.497 e. The summed E-state index contributed by atoms with van der Waals surface area (Å²) in [4.78, 5) is 12.4. The zero-order valence-electron chi connectivity index (χ0n) is 16.6. The van der Waals surface area contributed by atoms with Crippen molar-refractivity contribution in [2.24, 2.45) is 5.10 Å². The van der Waals surface area contributed by atoms with Gasteiger partial charge in [0.2, 0.25) is 0 Å². The first-order valence-electron chi connectivity index (χ1n) is 9.12. The molecule has 0 fully saturated rings. The molecule has 3 aromatic carbocycles. The molecule has 0 heterocycles. The van der Waals surface area contributed by atoms with Crippen molar-refractivity contribution in [1.82, 2.24) is 5.43 Å². The summed E-state index contributed by atoms with van der Waals surface area (Å²) < 4.78 is 16.3. The van der Waals surface area contributed by atoms with Gasteiger partial charge in [0.05, 0.1) is 20.4 Å². The molecule has 0 aliphatic heterocycles. The summed E-state index contributed by atoms with van der Waals surface area (Å²) in [5, 5.41) is 4.71. The molecule has 0 bridgehead atoms. The van der Waals surface area contributed by atoms with Crippen LogP contribution in [-0.2, 0) is 6.61 Å². The van der Waals surface area contributed by atoms with Gasteiger partial charge in [-0.05, 0) is 42.0 Å². The number of hydrogen-bond acceptors (Lipinski definition) is 5. The fourth-order valence-electron chi connectivity index (χ4n) is 2.67. The van der Waals surface area contributed by atoms with Crippen molar-refractivity contribution in [2.75, 3.05) is 14.2 Å². The Balaban J connectivity index is 1.67. The minimum atomic E-state index is -0.388. The lowest BCUT2D eigenvalue weighted by Gasteiger charge is -2.09. The summed E-state index contributed by atoms with van der Waals surface area (Å²) in [5.74, 6) is 1.28. The van der Waals surface area contributed by atoms with Gasteiger partial charge in [0.15, 0.2) is 0 Å². The number of ether oxygens (including phenoxy) is 3. The van der Waals surface area contributed by atoms with Crippen LogP contribution in [0.3, 0.4) is 0 Å². The van der Waals surface area contributed by atoms with Gasteiger partial charge in [-0.25, -0.2) is 5.43 Å². The second-order valence-corrected chi connectivity index (χ2v) is 6.69. The maximum absolute atomic E-state index is 12.4. The van der Waals surface area contributed by atoms with Gasteiger partial charge in [-0.1, -0.05) is 35.9 Å². The Hall–Kier alpha value is -3.51. The quantitative estimate of drug-likeness (QED) is 0.420. The average Bonchev–Trinajstić information content (AvgIpc) is 2.78. The number of para-hydroxylation sites is 1. The van der Waals surface area contributed by atoms with Crippen LogP contribution < -0.4 is 19.6 Å². The zero-order valence-corrected chi connectivity index (χ0v) is 17.3. The lowest BCUT2D eigenvalue weighted by molar-refractivity contribution is 0.0954. The van der Waals surface area contributed by atoms with Gasteiger partial charge in [-0.2, -0.15) is 5.10 Å². The van der Waals surface area contributed by atoms with Crippen LogP contribution in [0.25, 0.3) is 0 Å². The van der Waals surface area contributed by atoms with Crippen LogP contribution >= 0.6 is 11.6 Å². The summed E-state index contributed by atoms with van der Waals surface area (Å²) >= 11 is 6.01. The van der Waals surface area contributed by atoms with E-state index in [2.05, 4.69) is 10.5 Å². The maximum atomic E-state index is 12.4. The Labute approximate surface area is 180 Å². The van der Waals surface area contributed by atoms with Gasteiger partial charge >= 0.3 is 0 Å². The summed E-state index contributed by atoms with van der Waals surface area (Å²) in [6.45, 7) is 0.362. The van der Waals surface area contributed by atoms with Gasteiger partial charge in [-0.15, -0.1) is 0 Å². The molecule has 3 rings (SSSR count). The Morgan fingerprint density at radius 1 is 1.00 bits per heavy atom. The van der Waals surface area contributed by atoms with Crippen LogP contribution in [0, 0.1) is 0 Å². The van der Waals surface area contributed by atoms with E-state index in [4.69, 9.17) is 25.8 Å². The predicted octanol–water partition coefficient (Wildman–Crippen LogP) is 4.70. The molecule has 0 aliphatic rings. The van der Waals surface area contributed by atoms with Crippen LogP contribution in [0.1, 0.15) is 21.5 Å². The van der Waals surface area contributed by atoms with Gasteiger partial charge in [0.25, 0.3) is 5.91 Å². The monoisotopic (exact) mass is 424 g/mol. The molecule has 1 N–H and O–H groups in total. The molecule has 7 heteroatoms. The van der Waals surface area contributed by atoms with E-state index < -0.39 is 0 Å².